The molecule has 0 bridgehead atoms. The second-order valence-electron chi connectivity index (χ2n) is 5.00. The number of halogens is 1. The molecule has 1 saturated heterocycles. The van der Waals surface area contributed by atoms with Gasteiger partial charge in [-0.1, -0.05) is 6.92 Å². The molecule has 2 atom stereocenters. The Morgan fingerprint density at radius 3 is 2.50 bits per heavy atom. The first-order chi connectivity index (χ1) is 8.61. The summed E-state index contributed by atoms with van der Waals surface area (Å²) in [5.74, 6) is 0. The molecule has 0 aliphatic carbocycles. The molecule has 2 unspecified atom stereocenters. The van der Waals surface area contributed by atoms with Crippen LogP contribution in [0.5, 0.6) is 0 Å². The van der Waals surface area contributed by atoms with E-state index in [0.717, 1.165) is 32.6 Å². The number of piperazine rings is 1. The maximum Gasteiger partial charge on any atom is 0.0702 e. The van der Waals surface area contributed by atoms with Crippen LogP contribution in [-0.2, 0) is 0 Å². The second kappa shape index (κ2) is 6.48. The Hall–Kier alpha value is 0.0600. The minimum atomic E-state index is 0.221. The average molecular weight is 332 g/mol. The Bertz CT molecular complexity index is 374. The Morgan fingerprint density at radius 1 is 1.33 bits per heavy atom. The molecule has 18 heavy (non-hydrogen) atoms. The molecule has 1 aromatic rings. The standard InChI is InChI=1S/C13H22BrN3S/c1-3-10(15)13(11-4-5-12(14)18-11)17-8-6-16(2)7-9-17/h4-5,10,13H,3,6-9,15H2,1-2H3. The van der Waals surface area contributed by atoms with Crippen molar-refractivity contribution in [2.24, 2.45) is 5.73 Å². The van der Waals surface area contributed by atoms with E-state index >= 15 is 0 Å². The molecule has 2 heterocycles. The summed E-state index contributed by atoms with van der Waals surface area (Å²) in [7, 11) is 2.19. The number of hydrogen-bond acceptors (Lipinski definition) is 4. The molecule has 1 aliphatic heterocycles. The summed E-state index contributed by atoms with van der Waals surface area (Å²) in [6.07, 6.45) is 1.02. The van der Waals surface area contributed by atoms with Crippen molar-refractivity contribution >= 4 is 27.3 Å². The minimum Gasteiger partial charge on any atom is -0.326 e. The van der Waals surface area contributed by atoms with Crippen molar-refractivity contribution in [3.05, 3.63) is 20.8 Å². The van der Waals surface area contributed by atoms with Crippen LogP contribution < -0.4 is 5.73 Å². The molecule has 0 radical (unpaired) electrons. The second-order valence-corrected chi connectivity index (χ2v) is 7.49. The van der Waals surface area contributed by atoms with E-state index in [9.17, 15) is 0 Å². The highest BCUT2D eigenvalue weighted by atomic mass is 79.9. The fourth-order valence-electron chi connectivity index (χ4n) is 2.47. The molecular formula is C13H22BrN3S. The van der Waals surface area contributed by atoms with E-state index < -0.39 is 0 Å². The molecular weight excluding hydrogens is 310 g/mol. The van der Waals surface area contributed by atoms with Crippen LogP contribution in [-0.4, -0.2) is 49.1 Å². The SMILES string of the molecule is CCC(N)C(c1ccc(Br)s1)N1CCN(C)CC1. The lowest BCUT2D eigenvalue weighted by molar-refractivity contribution is 0.0986. The van der Waals surface area contributed by atoms with Gasteiger partial charge in [0.2, 0.25) is 0 Å². The predicted molar refractivity (Wildman–Crippen MR) is 82.1 cm³/mol. The van der Waals surface area contributed by atoms with E-state index in [4.69, 9.17) is 5.73 Å². The van der Waals surface area contributed by atoms with E-state index in [1.807, 2.05) is 11.3 Å². The zero-order chi connectivity index (χ0) is 13.1. The van der Waals surface area contributed by atoms with Gasteiger partial charge in [-0.25, -0.2) is 0 Å². The zero-order valence-electron chi connectivity index (χ0n) is 11.1. The van der Waals surface area contributed by atoms with Crippen molar-refractivity contribution in [3.8, 4) is 0 Å². The number of nitrogens with two attached hydrogens (primary N) is 1. The summed E-state index contributed by atoms with van der Waals surface area (Å²) >= 11 is 5.37. The molecule has 5 heteroatoms. The Morgan fingerprint density at radius 2 is 2.00 bits per heavy atom. The normalized spacial score (nSPS) is 22.0. The van der Waals surface area contributed by atoms with Crippen molar-refractivity contribution in [1.82, 2.24) is 9.80 Å². The molecule has 0 saturated carbocycles. The zero-order valence-corrected chi connectivity index (χ0v) is 13.5. The molecule has 3 nitrogen and oxygen atoms in total. The third kappa shape index (κ3) is 3.33. The number of nitrogens with zero attached hydrogens (tertiary/aromatic N) is 2. The van der Waals surface area contributed by atoms with Crippen LogP contribution >= 0.6 is 27.3 Å². The van der Waals surface area contributed by atoms with Crippen molar-refractivity contribution < 1.29 is 0 Å². The van der Waals surface area contributed by atoms with E-state index in [1.165, 1.54) is 8.66 Å². The molecule has 102 valence electrons. The predicted octanol–water partition coefficient (Wildman–Crippen LogP) is 2.54. The minimum absolute atomic E-state index is 0.221. The highest BCUT2D eigenvalue weighted by molar-refractivity contribution is 9.11. The van der Waals surface area contributed by atoms with Gasteiger partial charge in [0.25, 0.3) is 0 Å². The maximum absolute atomic E-state index is 6.36. The van der Waals surface area contributed by atoms with Crippen molar-refractivity contribution in [3.63, 3.8) is 0 Å². The molecule has 0 spiro atoms. The molecule has 2 N–H and O–H groups in total. The first kappa shape index (κ1) is 14.5. The van der Waals surface area contributed by atoms with Gasteiger partial charge in [-0.2, -0.15) is 0 Å². The van der Waals surface area contributed by atoms with Gasteiger partial charge in [0.05, 0.1) is 9.83 Å². The van der Waals surface area contributed by atoms with Crippen LogP contribution in [0.1, 0.15) is 24.3 Å². The summed E-state index contributed by atoms with van der Waals surface area (Å²) in [4.78, 5) is 6.32. The number of likely N-dealkylation sites (N-methyl/N-ethyl adjacent to an activating group) is 1. The summed E-state index contributed by atoms with van der Waals surface area (Å²) in [6, 6.07) is 4.94. The lowest BCUT2D eigenvalue weighted by Gasteiger charge is -2.39. The lowest BCUT2D eigenvalue weighted by atomic mass is 10.0. The van der Waals surface area contributed by atoms with Crippen LogP contribution in [0.25, 0.3) is 0 Å². The average Bonchev–Trinajstić information content (AvgIpc) is 2.78. The Balaban J connectivity index is 2.15. The first-order valence-electron chi connectivity index (χ1n) is 6.55. The van der Waals surface area contributed by atoms with Crippen LogP contribution in [0.3, 0.4) is 0 Å². The molecule has 0 aromatic carbocycles. The van der Waals surface area contributed by atoms with Gasteiger partial charge < -0.3 is 10.6 Å². The molecule has 0 amide bonds. The number of hydrogen-bond donors (Lipinski definition) is 1. The van der Waals surface area contributed by atoms with Crippen molar-refractivity contribution in [2.45, 2.75) is 25.4 Å². The summed E-state index contributed by atoms with van der Waals surface area (Å²) in [6.45, 7) is 6.68. The van der Waals surface area contributed by atoms with E-state index in [-0.39, 0.29) is 6.04 Å². The summed E-state index contributed by atoms with van der Waals surface area (Å²) in [5.41, 5.74) is 6.36. The highest BCUT2D eigenvalue weighted by Gasteiger charge is 2.28. The van der Waals surface area contributed by atoms with E-state index in [0.29, 0.717) is 6.04 Å². The number of rotatable bonds is 4. The third-order valence-electron chi connectivity index (χ3n) is 3.69. The molecule has 1 fully saturated rings. The first-order valence-corrected chi connectivity index (χ1v) is 8.16. The van der Waals surface area contributed by atoms with E-state index in [1.54, 1.807) is 0 Å². The fourth-order valence-corrected chi connectivity index (χ4v) is 4.11. The van der Waals surface area contributed by atoms with E-state index in [2.05, 4.69) is 51.8 Å². The quantitative estimate of drug-likeness (QED) is 0.920. The van der Waals surface area contributed by atoms with Gasteiger partial charge in [0, 0.05) is 37.1 Å². The molecule has 1 aromatic heterocycles. The van der Waals surface area contributed by atoms with Gasteiger partial charge in [-0.05, 0) is 41.5 Å². The fraction of sp³-hybridized carbons (Fsp3) is 0.692. The third-order valence-corrected chi connectivity index (χ3v) is 5.39. The monoisotopic (exact) mass is 331 g/mol. The van der Waals surface area contributed by atoms with Gasteiger partial charge in [0.1, 0.15) is 0 Å². The number of thiophene rings is 1. The van der Waals surface area contributed by atoms with Crippen LogP contribution in [0, 0.1) is 0 Å². The topological polar surface area (TPSA) is 32.5 Å². The van der Waals surface area contributed by atoms with Crippen LogP contribution in [0.2, 0.25) is 0 Å². The van der Waals surface area contributed by atoms with Crippen LogP contribution in [0.4, 0.5) is 0 Å². The largest absolute Gasteiger partial charge is 0.326 e. The Labute approximate surface area is 122 Å². The highest BCUT2D eigenvalue weighted by Crippen LogP contribution is 2.33. The van der Waals surface area contributed by atoms with Gasteiger partial charge in [-0.15, -0.1) is 11.3 Å². The summed E-state index contributed by atoms with van der Waals surface area (Å²) in [5, 5.41) is 0. The molecule has 2 rings (SSSR count). The van der Waals surface area contributed by atoms with Crippen molar-refractivity contribution in [1.29, 1.82) is 0 Å². The van der Waals surface area contributed by atoms with Crippen molar-refractivity contribution in [2.75, 3.05) is 33.2 Å². The maximum atomic E-state index is 6.36. The van der Waals surface area contributed by atoms with Gasteiger partial charge in [-0.3, -0.25) is 4.90 Å². The summed E-state index contributed by atoms with van der Waals surface area (Å²) < 4.78 is 1.19. The molecule has 1 aliphatic rings. The van der Waals surface area contributed by atoms with Gasteiger partial charge in [0.15, 0.2) is 0 Å². The van der Waals surface area contributed by atoms with Crippen LogP contribution in [0.15, 0.2) is 15.9 Å². The smallest absolute Gasteiger partial charge is 0.0702 e. The van der Waals surface area contributed by atoms with Gasteiger partial charge >= 0.3 is 0 Å². The Kier molecular flexibility index (Phi) is 5.21. The lowest BCUT2D eigenvalue weighted by Crippen LogP contribution is -2.50.